The zero-order chi connectivity index (χ0) is 13.1. The van der Waals surface area contributed by atoms with Gasteiger partial charge in [0.05, 0.1) is 6.61 Å². The lowest BCUT2D eigenvalue weighted by Gasteiger charge is -2.11. The summed E-state index contributed by atoms with van der Waals surface area (Å²) in [6.45, 7) is 4.53. The molecular weight excluding hydrogens is 232 g/mol. The van der Waals surface area contributed by atoms with Crippen LogP contribution in [0.4, 0.5) is 0 Å². The second kappa shape index (κ2) is 5.29. The van der Waals surface area contributed by atoms with E-state index in [-0.39, 0.29) is 12.5 Å². The first-order chi connectivity index (χ1) is 8.60. The largest absolute Gasteiger partial charge is 0.494 e. The topological polar surface area (TPSA) is 55.8 Å². The molecule has 4 heteroatoms. The van der Waals surface area contributed by atoms with Crippen LogP contribution in [-0.4, -0.2) is 23.8 Å². The fourth-order valence-corrected chi connectivity index (χ4v) is 2.21. The van der Waals surface area contributed by atoms with E-state index >= 15 is 0 Å². The van der Waals surface area contributed by atoms with Crippen molar-refractivity contribution in [2.45, 2.75) is 39.2 Å². The first-order valence-corrected chi connectivity index (χ1v) is 6.27. The lowest BCUT2D eigenvalue weighted by atomic mass is 10.0. The average Bonchev–Trinajstić information content (AvgIpc) is 2.65. The van der Waals surface area contributed by atoms with Crippen LogP contribution < -0.4 is 9.47 Å². The molecule has 0 saturated heterocycles. The van der Waals surface area contributed by atoms with Crippen LogP contribution >= 0.6 is 0 Å². The number of benzene rings is 1. The Balaban J connectivity index is 2.26. The van der Waals surface area contributed by atoms with Crippen LogP contribution in [0.2, 0.25) is 0 Å². The fourth-order valence-electron chi connectivity index (χ4n) is 2.21. The van der Waals surface area contributed by atoms with Crippen molar-refractivity contribution in [2.24, 2.45) is 0 Å². The van der Waals surface area contributed by atoms with Gasteiger partial charge in [0.25, 0.3) is 0 Å². The van der Waals surface area contributed by atoms with Crippen molar-refractivity contribution in [2.75, 3.05) is 6.61 Å². The highest BCUT2D eigenvalue weighted by molar-refractivity contribution is 5.67. The molecule has 0 aromatic heterocycles. The predicted octanol–water partition coefficient (Wildman–Crippen LogP) is 2.43. The number of ether oxygens (including phenoxy) is 2. The quantitative estimate of drug-likeness (QED) is 0.872. The molecule has 1 heterocycles. The standard InChI is InChI=1S/C14H18O4/c1-3-17-12-8-11-6-9(2)18-13(11)7-10(12)4-5-14(15)16/h7-9H,3-6H2,1-2H3,(H,15,16). The first kappa shape index (κ1) is 12.7. The molecule has 1 aliphatic heterocycles. The van der Waals surface area contributed by atoms with Crippen LogP contribution in [0.5, 0.6) is 11.5 Å². The Morgan fingerprint density at radius 1 is 1.56 bits per heavy atom. The molecular formula is C14H18O4. The first-order valence-electron chi connectivity index (χ1n) is 6.27. The van der Waals surface area contributed by atoms with Crippen LogP contribution in [0.3, 0.4) is 0 Å². The minimum absolute atomic E-state index is 0.106. The summed E-state index contributed by atoms with van der Waals surface area (Å²) in [4.78, 5) is 10.7. The Morgan fingerprint density at radius 3 is 3.00 bits per heavy atom. The summed E-state index contributed by atoms with van der Waals surface area (Å²) in [5, 5.41) is 8.76. The zero-order valence-corrected chi connectivity index (χ0v) is 10.7. The van der Waals surface area contributed by atoms with Crippen molar-refractivity contribution >= 4 is 5.97 Å². The van der Waals surface area contributed by atoms with Crippen LogP contribution in [0, 0.1) is 0 Å². The van der Waals surface area contributed by atoms with E-state index in [1.54, 1.807) is 0 Å². The number of fused-ring (bicyclic) bond motifs is 1. The minimum Gasteiger partial charge on any atom is -0.494 e. The third-order valence-electron chi connectivity index (χ3n) is 2.99. The number of carbonyl (C=O) groups is 1. The molecule has 0 bridgehead atoms. The highest BCUT2D eigenvalue weighted by Crippen LogP contribution is 2.35. The van der Waals surface area contributed by atoms with Crippen molar-refractivity contribution in [1.82, 2.24) is 0 Å². The Bertz CT molecular complexity index is 453. The van der Waals surface area contributed by atoms with Crippen molar-refractivity contribution in [3.8, 4) is 11.5 Å². The lowest BCUT2D eigenvalue weighted by molar-refractivity contribution is -0.136. The van der Waals surface area contributed by atoms with Gasteiger partial charge in [0, 0.05) is 18.4 Å². The van der Waals surface area contributed by atoms with Gasteiger partial charge in [-0.1, -0.05) is 0 Å². The van der Waals surface area contributed by atoms with E-state index in [9.17, 15) is 4.79 Å². The van der Waals surface area contributed by atoms with Crippen molar-refractivity contribution in [3.05, 3.63) is 23.3 Å². The van der Waals surface area contributed by atoms with Crippen LogP contribution in [0.25, 0.3) is 0 Å². The van der Waals surface area contributed by atoms with Crippen molar-refractivity contribution < 1.29 is 19.4 Å². The summed E-state index contributed by atoms with van der Waals surface area (Å²) < 4.78 is 11.3. The third kappa shape index (κ3) is 2.75. The molecule has 4 nitrogen and oxygen atoms in total. The molecule has 0 spiro atoms. The maximum Gasteiger partial charge on any atom is 0.303 e. The van der Waals surface area contributed by atoms with Crippen LogP contribution in [-0.2, 0) is 17.6 Å². The Morgan fingerprint density at radius 2 is 2.33 bits per heavy atom. The molecule has 0 fully saturated rings. The predicted molar refractivity (Wildman–Crippen MR) is 67.4 cm³/mol. The summed E-state index contributed by atoms with van der Waals surface area (Å²) in [5.41, 5.74) is 2.05. The Kier molecular flexibility index (Phi) is 3.75. The molecule has 0 radical (unpaired) electrons. The molecule has 1 aliphatic rings. The van der Waals surface area contributed by atoms with Crippen LogP contribution in [0.15, 0.2) is 12.1 Å². The molecule has 0 aliphatic carbocycles. The summed E-state index contributed by atoms with van der Waals surface area (Å²) in [7, 11) is 0. The number of hydrogen-bond donors (Lipinski definition) is 1. The smallest absolute Gasteiger partial charge is 0.303 e. The SMILES string of the molecule is CCOc1cc2c(cc1CCC(=O)O)OC(C)C2. The number of aliphatic carboxylic acids is 1. The second-order valence-electron chi connectivity index (χ2n) is 4.53. The summed E-state index contributed by atoms with van der Waals surface area (Å²) in [6.07, 6.45) is 1.64. The molecule has 18 heavy (non-hydrogen) atoms. The molecule has 0 amide bonds. The van der Waals surface area contributed by atoms with Crippen molar-refractivity contribution in [3.63, 3.8) is 0 Å². The van der Waals surface area contributed by atoms with E-state index in [1.165, 1.54) is 0 Å². The van der Waals surface area contributed by atoms with Gasteiger partial charge in [-0.3, -0.25) is 4.79 Å². The van der Waals surface area contributed by atoms with Gasteiger partial charge < -0.3 is 14.6 Å². The summed E-state index contributed by atoms with van der Waals surface area (Å²) >= 11 is 0. The van der Waals surface area contributed by atoms with Gasteiger partial charge in [-0.2, -0.15) is 0 Å². The third-order valence-corrected chi connectivity index (χ3v) is 2.99. The van der Waals surface area contributed by atoms with Gasteiger partial charge >= 0.3 is 5.97 Å². The van der Waals surface area contributed by atoms with Crippen LogP contribution in [0.1, 0.15) is 31.4 Å². The number of aryl methyl sites for hydroxylation is 1. The highest BCUT2D eigenvalue weighted by Gasteiger charge is 2.21. The van der Waals surface area contributed by atoms with Crippen molar-refractivity contribution in [1.29, 1.82) is 0 Å². The zero-order valence-electron chi connectivity index (χ0n) is 10.7. The highest BCUT2D eigenvalue weighted by atomic mass is 16.5. The lowest BCUT2D eigenvalue weighted by Crippen LogP contribution is -2.05. The summed E-state index contributed by atoms with van der Waals surface area (Å²) in [5.74, 6) is 0.855. The number of rotatable bonds is 5. The second-order valence-corrected chi connectivity index (χ2v) is 4.53. The molecule has 1 N–H and O–H groups in total. The number of carboxylic acid groups (broad SMARTS) is 1. The molecule has 1 aromatic rings. The Labute approximate surface area is 107 Å². The maximum atomic E-state index is 10.7. The summed E-state index contributed by atoms with van der Waals surface area (Å²) in [6, 6.07) is 3.91. The van der Waals surface area contributed by atoms with Gasteiger partial charge in [-0.05, 0) is 38.0 Å². The van der Waals surface area contributed by atoms with E-state index in [1.807, 2.05) is 26.0 Å². The van der Waals surface area contributed by atoms with Gasteiger partial charge in [0.1, 0.15) is 17.6 Å². The monoisotopic (exact) mass is 250 g/mol. The molecule has 0 saturated carbocycles. The van der Waals surface area contributed by atoms with Gasteiger partial charge in [0.15, 0.2) is 0 Å². The number of carboxylic acids is 1. The minimum atomic E-state index is -0.799. The van der Waals surface area contributed by atoms with Gasteiger partial charge in [-0.25, -0.2) is 0 Å². The van der Waals surface area contributed by atoms with E-state index in [2.05, 4.69) is 0 Å². The van der Waals surface area contributed by atoms with E-state index < -0.39 is 5.97 Å². The molecule has 1 unspecified atom stereocenters. The van der Waals surface area contributed by atoms with E-state index in [4.69, 9.17) is 14.6 Å². The molecule has 2 rings (SSSR count). The normalized spacial score (nSPS) is 17.1. The maximum absolute atomic E-state index is 10.7. The van der Waals surface area contributed by atoms with Gasteiger partial charge in [-0.15, -0.1) is 0 Å². The number of hydrogen-bond acceptors (Lipinski definition) is 3. The Hall–Kier alpha value is -1.71. The van der Waals surface area contributed by atoms with E-state index in [0.717, 1.165) is 29.0 Å². The fraction of sp³-hybridized carbons (Fsp3) is 0.500. The van der Waals surface area contributed by atoms with E-state index in [0.29, 0.717) is 13.0 Å². The molecule has 1 aromatic carbocycles. The molecule has 98 valence electrons. The van der Waals surface area contributed by atoms with Gasteiger partial charge in [0.2, 0.25) is 0 Å². The molecule has 1 atom stereocenters. The average molecular weight is 250 g/mol.